The van der Waals surface area contributed by atoms with Crippen LogP contribution in [-0.2, 0) is 13.1 Å². The van der Waals surface area contributed by atoms with Crippen molar-refractivity contribution < 1.29 is 4.52 Å². The molecule has 0 unspecified atom stereocenters. The highest BCUT2D eigenvalue weighted by Gasteiger charge is 2.29. The van der Waals surface area contributed by atoms with Crippen LogP contribution in [0.4, 0.5) is 0 Å². The van der Waals surface area contributed by atoms with E-state index < -0.39 is 0 Å². The molecule has 0 amide bonds. The fourth-order valence-electron chi connectivity index (χ4n) is 3.27. The molecule has 6 heteroatoms. The third-order valence-corrected chi connectivity index (χ3v) is 4.63. The van der Waals surface area contributed by atoms with Crippen molar-refractivity contribution in [2.75, 3.05) is 7.05 Å². The van der Waals surface area contributed by atoms with Gasteiger partial charge in [-0.1, -0.05) is 16.8 Å². The van der Waals surface area contributed by atoms with Gasteiger partial charge in [0.05, 0.1) is 12.1 Å². The quantitative estimate of drug-likeness (QED) is 0.774. The summed E-state index contributed by atoms with van der Waals surface area (Å²) in [4.78, 5) is 21.9. The van der Waals surface area contributed by atoms with Crippen LogP contribution in [0.3, 0.4) is 0 Å². The van der Waals surface area contributed by atoms with E-state index in [1.165, 1.54) is 5.56 Å². The molecule has 4 rings (SSSR count). The average molecular weight is 338 g/mol. The number of nitrogens with zero attached hydrogens (tertiary/aromatic N) is 3. The topological polar surface area (TPSA) is 75.0 Å². The standard InChI is InChI=1S/C19H22N4O2/c1-11-6-12(2)17-14(7-11)8-15(18(24)21-17)9-23(3)10-16-20-19(25-22-16)13-4-5-13/h6-8,13H,4-5,9-10H2,1-3H3,(H,21,24). The lowest BCUT2D eigenvalue weighted by molar-refractivity contribution is 0.299. The Hall–Kier alpha value is -2.47. The molecule has 0 aliphatic heterocycles. The van der Waals surface area contributed by atoms with Crippen molar-refractivity contribution in [3.05, 3.63) is 57.0 Å². The molecule has 1 N–H and O–H groups in total. The Bertz CT molecular complexity index is 985. The molecule has 1 aliphatic carbocycles. The van der Waals surface area contributed by atoms with Crippen LogP contribution in [0.15, 0.2) is 27.5 Å². The number of hydrogen-bond donors (Lipinski definition) is 1. The summed E-state index contributed by atoms with van der Waals surface area (Å²) in [5.41, 5.74) is 3.89. The number of pyridine rings is 1. The molecule has 3 aromatic rings. The molecule has 0 spiro atoms. The molecule has 25 heavy (non-hydrogen) atoms. The molecule has 2 aromatic heterocycles. The van der Waals surface area contributed by atoms with Crippen LogP contribution in [0.5, 0.6) is 0 Å². The first-order chi connectivity index (χ1) is 12.0. The van der Waals surface area contributed by atoms with Crippen LogP contribution < -0.4 is 5.56 Å². The van der Waals surface area contributed by atoms with E-state index in [1.807, 2.05) is 24.9 Å². The highest BCUT2D eigenvalue weighted by Crippen LogP contribution is 2.38. The predicted molar refractivity (Wildman–Crippen MR) is 95.5 cm³/mol. The largest absolute Gasteiger partial charge is 0.339 e. The van der Waals surface area contributed by atoms with E-state index in [1.54, 1.807) is 0 Å². The van der Waals surface area contributed by atoms with Crippen molar-refractivity contribution in [1.82, 2.24) is 20.0 Å². The van der Waals surface area contributed by atoms with Gasteiger partial charge in [-0.05, 0) is 56.8 Å². The lowest BCUT2D eigenvalue weighted by Crippen LogP contribution is -2.23. The summed E-state index contributed by atoms with van der Waals surface area (Å²) < 4.78 is 5.29. The maximum Gasteiger partial charge on any atom is 0.252 e. The average Bonchev–Trinajstić information content (AvgIpc) is 3.29. The number of aromatic nitrogens is 3. The Morgan fingerprint density at radius 1 is 1.24 bits per heavy atom. The van der Waals surface area contributed by atoms with E-state index in [9.17, 15) is 4.79 Å². The van der Waals surface area contributed by atoms with Gasteiger partial charge >= 0.3 is 0 Å². The smallest absolute Gasteiger partial charge is 0.252 e. The summed E-state index contributed by atoms with van der Waals surface area (Å²) in [6.45, 7) is 5.17. The molecule has 1 aromatic carbocycles. The van der Waals surface area contributed by atoms with Crippen molar-refractivity contribution in [2.24, 2.45) is 0 Å². The van der Waals surface area contributed by atoms with Crippen LogP contribution in [0.25, 0.3) is 10.9 Å². The number of aromatic amines is 1. The van der Waals surface area contributed by atoms with E-state index in [0.717, 1.165) is 40.8 Å². The van der Waals surface area contributed by atoms with E-state index >= 15 is 0 Å². The molecule has 130 valence electrons. The number of benzene rings is 1. The lowest BCUT2D eigenvalue weighted by Gasteiger charge is -2.14. The fourth-order valence-corrected chi connectivity index (χ4v) is 3.27. The summed E-state index contributed by atoms with van der Waals surface area (Å²) in [7, 11) is 1.96. The summed E-state index contributed by atoms with van der Waals surface area (Å²) in [6, 6.07) is 6.16. The molecule has 0 bridgehead atoms. The molecule has 1 aliphatic rings. The predicted octanol–water partition coefficient (Wildman–Crippen LogP) is 3.04. The number of nitrogens with one attached hydrogen (secondary N) is 1. The van der Waals surface area contributed by atoms with Crippen LogP contribution in [0, 0.1) is 13.8 Å². The molecule has 6 nitrogen and oxygen atoms in total. The van der Waals surface area contributed by atoms with Crippen LogP contribution in [0.1, 0.15) is 47.2 Å². The second kappa shape index (κ2) is 6.11. The summed E-state index contributed by atoms with van der Waals surface area (Å²) in [6.07, 6.45) is 2.28. The monoisotopic (exact) mass is 338 g/mol. The van der Waals surface area contributed by atoms with Gasteiger partial charge < -0.3 is 9.51 Å². The third kappa shape index (κ3) is 3.35. The Morgan fingerprint density at radius 2 is 2.04 bits per heavy atom. The molecule has 2 heterocycles. The van der Waals surface area contributed by atoms with Gasteiger partial charge in [0, 0.05) is 18.0 Å². The van der Waals surface area contributed by atoms with E-state index in [0.29, 0.717) is 24.8 Å². The minimum absolute atomic E-state index is 0.0434. The second-order valence-corrected chi connectivity index (χ2v) is 7.17. The highest BCUT2D eigenvalue weighted by molar-refractivity contribution is 5.82. The zero-order valence-electron chi connectivity index (χ0n) is 14.8. The van der Waals surface area contributed by atoms with Crippen molar-refractivity contribution in [3.8, 4) is 0 Å². The first kappa shape index (κ1) is 16.0. The van der Waals surface area contributed by atoms with Gasteiger partial charge in [-0.15, -0.1) is 0 Å². The summed E-state index contributed by atoms with van der Waals surface area (Å²) in [5, 5.41) is 5.11. The molecular formula is C19H22N4O2. The highest BCUT2D eigenvalue weighted by atomic mass is 16.5. The van der Waals surface area contributed by atoms with Gasteiger partial charge in [0.1, 0.15) is 0 Å². The van der Waals surface area contributed by atoms with Gasteiger partial charge in [0.15, 0.2) is 5.82 Å². The minimum Gasteiger partial charge on any atom is -0.339 e. The fraction of sp³-hybridized carbons (Fsp3) is 0.421. The Balaban J connectivity index is 1.54. The van der Waals surface area contributed by atoms with Crippen LogP contribution in [-0.4, -0.2) is 27.1 Å². The van der Waals surface area contributed by atoms with Gasteiger partial charge in [-0.2, -0.15) is 4.98 Å². The number of H-pyrrole nitrogens is 1. The SMILES string of the molecule is Cc1cc(C)c2[nH]c(=O)c(CN(C)Cc3noc(C4CC4)n3)cc2c1. The molecule has 0 radical (unpaired) electrons. The van der Waals surface area contributed by atoms with E-state index in [-0.39, 0.29) is 5.56 Å². The molecule has 0 atom stereocenters. The van der Waals surface area contributed by atoms with Crippen LogP contribution >= 0.6 is 0 Å². The first-order valence-corrected chi connectivity index (χ1v) is 8.64. The number of rotatable bonds is 5. The molecule has 0 saturated heterocycles. The van der Waals surface area contributed by atoms with Crippen molar-refractivity contribution in [1.29, 1.82) is 0 Å². The Kier molecular flexibility index (Phi) is 3.92. The first-order valence-electron chi connectivity index (χ1n) is 8.64. The maximum absolute atomic E-state index is 12.4. The molecular weight excluding hydrogens is 316 g/mol. The van der Waals surface area contributed by atoms with Crippen molar-refractivity contribution >= 4 is 10.9 Å². The normalized spacial score (nSPS) is 14.6. The Labute approximate surface area is 145 Å². The maximum atomic E-state index is 12.4. The zero-order chi connectivity index (χ0) is 17.6. The zero-order valence-corrected chi connectivity index (χ0v) is 14.8. The number of aryl methyl sites for hydroxylation is 2. The van der Waals surface area contributed by atoms with Crippen LogP contribution in [0.2, 0.25) is 0 Å². The number of hydrogen-bond acceptors (Lipinski definition) is 5. The summed E-state index contributed by atoms with van der Waals surface area (Å²) >= 11 is 0. The van der Waals surface area contributed by atoms with Crippen molar-refractivity contribution in [2.45, 2.75) is 45.7 Å². The lowest BCUT2D eigenvalue weighted by atomic mass is 10.1. The number of fused-ring (bicyclic) bond motifs is 1. The van der Waals surface area contributed by atoms with E-state index in [4.69, 9.17) is 4.52 Å². The molecule has 1 fully saturated rings. The van der Waals surface area contributed by atoms with Gasteiger partial charge in [-0.25, -0.2) is 0 Å². The van der Waals surface area contributed by atoms with Gasteiger partial charge in [0.25, 0.3) is 5.56 Å². The molecule has 1 saturated carbocycles. The van der Waals surface area contributed by atoms with E-state index in [2.05, 4.69) is 34.2 Å². The van der Waals surface area contributed by atoms with Gasteiger partial charge in [0.2, 0.25) is 5.89 Å². The van der Waals surface area contributed by atoms with Gasteiger partial charge in [-0.3, -0.25) is 9.69 Å². The van der Waals surface area contributed by atoms with Crippen molar-refractivity contribution in [3.63, 3.8) is 0 Å². The third-order valence-electron chi connectivity index (χ3n) is 4.63. The minimum atomic E-state index is -0.0434. The second-order valence-electron chi connectivity index (χ2n) is 7.17. The Morgan fingerprint density at radius 3 is 2.80 bits per heavy atom. The summed E-state index contributed by atoms with van der Waals surface area (Å²) in [5.74, 6) is 1.88.